The maximum atomic E-state index is 10.6. The van der Waals surface area contributed by atoms with Crippen LogP contribution in [0.1, 0.15) is 29.1 Å². The zero-order valence-corrected chi connectivity index (χ0v) is 7.71. The fraction of sp³-hybridized carbons (Fsp3) is 0.333. The number of nitrogens with two attached hydrogens (primary N) is 1. The average Bonchev–Trinajstić information content (AvgIpc) is 2.16. The summed E-state index contributed by atoms with van der Waals surface area (Å²) in [6.45, 7) is 1.53. The van der Waals surface area contributed by atoms with Crippen LogP contribution < -0.4 is 5.73 Å². The van der Waals surface area contributed by atoms with Crippen molar-refractivity contribution in [1.82, 2.24) is 4.98 Å². The van der Waals surface area contributed by atoms with Crippen molar-refractivity contribution in [3.8, 4) is 0 Å². The van der Waals surface area contributed by atoms with Crippen molar-refractivity contribution in [2.45, 2.75) is 19.1 Å². The van der Waals surface area contributed by atoms with Crippen LogP contribution in [0.15, 0.2) is 18.2 Å². The Kier molecular flexibility index (Phi) is 3.16. The molecule has 0 radical (unpaired) electrons. The van der Waals surface area contributed by atoms with Gasteiger partial charge in [-0.25, -0.2) is 9.78 Å². The van der Waals surface area contributed by atoms with Crippen LogP contribution >= 0.6 is 0 Å². The predicted molar refractivity (Wildman–Crippen MR) is 49.8 cm³/mol. The lowest BCUT2D eigenvalue weighted by Gasteiger charge is -2.13. The molecule has 1 heterocycles. The fourth-order valence-corrected chi connectivity index (χ4v) is 1.00. The average molecular weight is 196 g/mol. The lowest BCUT2D eigenvalue weighted by atomic mass is 10.1. The Labute approximate surface area is 81.2 Å². The van der Waals surface area contributed by atoms with Gasteiger partial charge in [-0.05, 0) is 19.1 Å². The van der Waals surface area contributed by atoms with Crippen LogP contribution in [0.5, 0.6) is 0 Å². The third kappa shape index (κ3) is 2.27. The summed E-state index contributed by atoms with van der Waals surface area (Å²) in [6, 6.07) is 3.85. The summed E-state index contributed by atoms with van der Waals surface area (Å²) in [7, 11) is 0. The van der Waals surface area contributed by atoms with E-state index < -0.39 is 18.1 Å². The van der Waals surface area contributed by atoms with Crippen LogP contribution in [-0.2, 0) is 0 Å². The Morgan fingerprint density at radius 1 is 1.57 bits per heavy atom. The molecule has 0 fully saturated rings. The number of hydrogen-bond acceptors (Lipinski definition) is 4. The topological polar surface area (TPSA) is 96.4 Å². The van der Waals surface area contributed by atoms with Crippen LogP contribution in [0.25, 0.3) is 0 Å². The van der Waals surface area contributed by atoms with E-state index >= 15 is 0 Å². The highest BCUT2D eigenvalue weighted by atomic mass is 16.4. The highest BCUT2D eigenvalue weighted by molar-refractivity contribution is 5.85. The van der Waals surface area contributed by atoms with E-state index in [0.29, 0.717) is 5.69 Å². The molecule has 14 heavy (non-hydrogen) atoms. The molecule has 76 valence electrons. The first-order valence-electron chi connectivity index (χ1n) is 4.16. The van der Waals surface area contributed by atoms with Crippen LogP contribution in [-0.4, -0.2) is 27.3 Å². The van der Waals surface area contributed by atoms with E-state index in [9.17, 15) is 9.90 Å². The quantitative estimate of drug-likeness (QED) is 0.639. The zero-order valence-electron chi connectivity index (χ0n) is 7.71. The number of aromatic carboxylic acids is 1. The highest BCUT2D eigenvalue weighted by Crippen LogP contribution is 2.11. The molecule has 0 aliphatic carbocycles. The molecule has 1 aromatic heterocycles. The second-order valence-electron chi connectivity index (χ2n) is 3.02. The molecule has 1 aromatic rings. The number of rotatable bonds is 3. The van der Waals surface area contributed by atoms with Gasteiger partial charge in [-0.3, -0.25) is 0 Å². The van der Waals surface area contributed by atoms with Gasteiger partial charge >= 0.3 is 5.97 Å². The smallest absolute Gasteiger partial charge is 0.354 e. The number of aliphatic hydroxyl groups excluding tert-OH is 1. The Bertz CT molecular complexity index is 339. The molecule has 0 saturated carbocycles. The van der Waals surface area contributed by atoms with Crippen molar-refractivity contribution >= 4 is 5.97 Å². The van der Waals surface area contributed by atoms with E-state index in [1.807, 2.05) is 0 Å². The molecule has 0 unspecified atom stereocenters. The largest absolute Gasteiger partial charge is 0.477 e. The molecular weight excluding hydrogens is 184 g/mol. The summed E-state index contributed by atoms with van der Waals surface area (Å²) in [5.74, 6) is -1.11. The van der Waals surface area contributed by atoms with Gasteiger partial charge in [0.15, 0.2) is 0 Å². The van der Waals surface area contributed by atoms with Gasteiger partial charge in [0, 0.05) is 0 Å². The lowest BCUT2D eigenvalue weighted by Crippen LogP contribution is -2.24. The second-order valence-corrected chi connectivity index (χ2v) is 3.02. The monoisotopic (exact) mass is 196 g/mol. The first kappa shape index (κ1) is 10.6. The molecule has 2 atom stereocenters. The predicted octanol–water partition coefficient (Wildman–Crippen LogP) is 0.160. The highest BCUT2D eigenvalue weighted by Gasteiger charge is 2.15. The summed E-state index contributed by atoms with van der Waals surface area (Å²) in [5.41, 5.74) is 5.91. The SMILES string of the molecule is C[C@@H](O)[C@H](N)c1cccc(C(=O)O)n1. The van der Waals surface area contributed by atoms with Crippen molar-refractivity contribution in [2.75, 3.05) is 0 Å². The molecule has 5 nitrogen and oxygen atoms in total. The van der Waals surface area contributed by atoms with Crippen molar-refractivity contribution in [1.29, 1.82) is 0 Å². The van der Waals surface area contributed by atoms with Gasteiger partial charge in [-0.1, -0.05) is 6.07 Å². The number of carboxylic acids is 1. The first-order valence-corrected chi connectivity index (χ1v) is 4.16. The van der Waals surface area contributed by atoms with E-state index in [4.69, 9.17) is 10.8 Å². The molecule has 0 aliphatic heterocycles. The number of pyridine rings is 1. The van der Waals surface area contributed by atoms with Crippen LogP contribution in [0, 0.1) is 0 Å². The Balaban J connectivity index is 2.99. The summed E-state index contributed by atoms with van der Waals surface area (Å²) in [6.07, 6.45) is -0.758. The van der Waals surface area contributed by atoms with Crippen molar-refractivity contribution < 1.29 is 15.0 Å². The maximum absolute atomic E-state index is 10.6. The molecule has 5 heteroatoms. The second kappa shape index (κ2) is 4.17. The van der Waals surface area contributed by atoms with Gasteiger partial charge < -0.3 is 15.9 Å². The van der Waals surface area contributed by atoms with Gasteiger partial charge in [0.05, 0.1) is 17.8 Å². The van der Waals surface area contributed by atoms with Gasteiger partial charge in [0.1, 0.15) is 5.69 Å². The van der Waals surface area contributed by atoms with E-state index in [0.717, 1.165) is 0 Å². The van der Waals surface area contributed by atoms with Gasteiger partial charge in [0.25, 0.3) is 0 Å². The molecular formula is C9H12N2O3. The summed E-state index contributed by atoms with van der Waals surface area (Å²) in [5, 5.41) is 17.9. The van der Waals surface area contributed by atoms with Crippen LogP contribution in [0.2, 0.25) is 0 Å². The van der Waals surface area contributed by atoms with Crippen molar-refractivity contribution in [3.63, 3.8) is 0 Å². The van der Waals surface area contributed by atoms with Gasteiger partial charge in [-0.15, -0.1) is 0 Å². The van der Waals surface area contributed by atoms with Gasteiger partial charge in [0.2, 0.25) is 0 Å². The van der Waals surface area contributed by atoms with Crippen molar-refractivity contribution in [2.24, 2.45) is 5.73 Å². The minimum absolute atomic E-state index is 0.0707. The molecule has 1 rings (SSSR count). The molecule has 0 aliphatic rings. The third-order valence-corrected chi connectivity index (χ3v) is 1.85. The molecule has 0 amide bonds. The van der Waals surface area contributed by atoms with Crippen LogP contribution in [0.3, 0.4) is 0 Å². The standard InChI is InChI=1S/C9H12N2O3/c1-5(12)8(10)6-3-2-4-7(11-6)9(13)14/h2-5,8,12H,10H2,1H3,(H,13,14)/t5-,8+/m1/s1. The molecule has 0 spiro atoms. The first-order chi connectivity index (χ1) is 6.52. The van der Waals surface area contributed by atoms with E-state index in [-0.39, 0.29) is 5.69 Å². The third-order valence-electron chi connectivity index (χ3n) is 1.85. The normalized spacial score (nSPS) is 14.8. The Hall–Kier alpha value is -1.46. The fourth-order valence-electron chi connectivity index (χ4n) is 1.00. The van der Waals surface area contributed by atoms with E-state index in [1.165, 1.54) is 13.0 Å². The number of aliphatic hydroxyl groups is 1. The van der Waals surface area contributed by atoms with Crippen LogP contribution in [0.4, 0.5) is 0 Å². The minimum atomic E-state index is -1.11. The molecule has 0 bridgehead atoms. The number of carboxylic acid groups (broad SMARTS) is 1. The molecule has 4 N–H and O–H groups in total. The maximum Gasteiger partial charge on any atom is 0.354 e. The Morgan fingerprint density at radius 2 is 2.21 bits per heavy atom. The summed E-state index contributed by atoms with van der Waals surface area (Å²) < 4.78 is 0. The number of carbonyl (C=O) groups is 1. The van der Waals surface area contributed by atoms with E-state index in [2.05, 4.69) is 4.98 Å². The molecule has 0 saturated heterocycles. The van der Waals surface area contributed by atoms with E-state index in [1.54, 1.807) is 12.1 Å². The lowest BCUT2D eigenvalue weighted by molar-refractivity contribution is 0.0689. The number of nitrogens with zero attached hydrogens (tertiary/aromatic N) is 1. The summed E-state index contributed by atoms with van der Waals surface area (Å²) in [4.78, 5) is 14.4. The van der Waals surface area contributed by atoms with Crippen molar-refractivity contribution in [3.05, 3.63) is 29.6 Å². The number of aromatic nitrogens is 1. The molecule has 0 aromatic carbocycles. The summed E-state index contributed by atoms with van der Waals surface area (Å²) >= 11 is 0. The van der Waals surface area contributed by atoms with Gasteiger partial charge in [-0.2, -0.15) is 0 Å². The Morgan fingerprint density at radius 3 is 2.71 bits per heavy atom. The number of hydrogen-bond donors (Lipinski definition) is 3. The zero-order chi connectivity index (χ0) is 10.7. The minimum Gasteiger partial charge on any atom is -0.477 e.